The summed E-state index contributed by atoms with van der Waals surface area (Å²) in [5, 5.41) is 10.1. The summed E-state index contributed by atoms with van der Waals surface area (Å²) in [4.78, 5) is 60.8. The molecule has 3 fully saturated rings. The molecule has 11 heteroatoms. The smallest absolute Gasteiger partial charge is 0.313 e. The highest BCUT2D eigenvalue weighted by atomic mass is 35.5. The Kier molecular flexibility index (Phi) is 11.1. The van der Waals surface area contributed by atoms with Crippen molar-refractivity contribution in [3.63, 3.8) is 0 Å². The van der Waals surface area contributed by atoms with E-state index >= 15 is 0 Å². The van der Waals surface area contributed by atoms with Crippen LogP contribution in [0.3, 0.4) is 0 Å². The second kappa shape index (κ2) is 15.1. The van der Waals surface area contributed by atoms with Gasteiger partial charge in [-0.3, -0.25) is 19.2 Å². The predicted molar refractivity (Wildman–Crippen MR) is 182 cm³/mol. The van der Waals surface area contributed by atoms with E-state index in [1.165, 1.54) is 9.80 Å². The number of aliphatic hydroxyl groups excluding tert-OH is 1. The van der Waals surface area contributed by atoms with Crippen molar-refractivity contribution >= 4 is 41.0 Å². The van der Waals surface area contributed by atoms with Crippen LogP contribution in [0.2, 0.25) is 5.02 Å². The molecule has 0 radical (unpaired) electrons. The van der Waals surface area contributed by atoms with Gasteiger partial charge in [0.25, 0.3) is 5.91 Å². The minimum atomic E-state index is -1.27. The van der Waals surface area contributed by atoms with Gasteiger partial charge in [0.05, 0.1) is 34.7 Å². The molecule has 3 aliphatic rings. The fourth-order valence-corrected chi connectivity index (χ4v) is 7.80. The first-order valence-corrected chi connectivity index (χ1v) is 16.9. The van der Waals surface area contributed by atoms with Gasteiger partial charge in [-0.1, -0.05) is 66.2 Å². The van der Waals surface area contributed by atoms with E-state index in [1.54, 1.807) is 48.4 Å². The maximum absolute atomic E-state index is 14.6. The summed E-state index contributed by atoms with van der Waals surface area (Å²) in [6.45, 7) is 9.40. The van der Waals surface area contributed by atoms with E-state index in [1.807, 2.05) is 37.3 Å². The van der Waals surface area contributed by atoms with Crippen LogP contribution in [0.1, 0.15) is 50.7 Å². The Bertz CT molecular complexity index is 1540. The van der Waals surface area contributed by atoms with Gasteiger partial charge < -0.3 is 29.3 Å². The van der Waals surface area contributed by atoms with Gasteiger partial charge >= 0.3 is 5.97 Å². The van der Waals surface area contributed by atoms with Crippen LogP contribution in [0.4, 0.5) is 5.69 Å². The maximum Gasteiger partial charge on any atom is 0.313 e. The number of anilines is 1. The van der Waals surface area contributed by atoms with Gasteiger partial charge in [0, 0.05) is 33.2 Å². The first-order chi connectivity index (χ1) is 23.1. The molecule has 0 saturated carbocycles. The average molecular weight is 678 g/mol. The monoisotopic (exact) mass is 677 g/mol. The summed E-state index contributed by atoms with van der Waals surface area (Å²) >= 11 is 6.53. The van der Waals surface area contributed by atoms with Crippen LogP contribution < -0.4 is 4.90 Å². The minimum absolute atomic E-state index is 0.103. The zero-order chi connectivity index (χ0) is 34.6. The number of fused-ring (bicyclic) bond motifs is 1. The second-order valence-corrected chi connectivity index (χ2v) is 13.1. The van der Waals surface area contributed by atoms with Gasteiger partial charge in [-0.25, -0.2) is 0 Å². The van der Waals surface area contributed by atoms with Crippen LogP contribution in [-0.2, 0) is 28.7 Å². The molecule has 256 valence electrons. The Balaban J connectivity index is 1.48. The molecular weight excluding hydrogens is 634 g/mol. The quantitative estimate of drug-likeness (QED) is 0.214. The summed E-state index contributed by atoms with van der Waals surface area (Å²) in [5.41, 5.74) is -0.103. The molecule has 1 N–H and O–H groups in total. The SMILES string of the molecule is C=CCCC(=O)N(C)[C@H](C)[C@H](OC(=O)[C@@H]1[C@H]2C(=O)N(CCCO)[C@H](C(=O)N(CC=C)c3ccccc3Cl)[C@]23CC[C@H]1O3)c1ccccc1. The molecule has 48 heavy (non-hydrogen) atoms. The summed E-state index contributed by atoms with van der Waals surface area (Å²) in [6, 6.07) is 14.6. The number of likely N-dealkylation sites (N-methyl/N-ethyl adjacent to an activating group) is 1. The van der Waals surface area contributed by atoms with E-state index in [2.05, 4.69) is 13.2 Å². The largest absolute Gasteiger partial charge is 0.455 e. The zero-order valence-corrected chi connectivity index (χ0v) is 28.3. The van der Waals surface area contributed by atoms with E-state index < -0.39 is 53.6 Å². The molecule has 3 amide bonds. The molecule has 7 atom stereocenters. The first kappa shape index (κ1) is 35.3. The molecule has 5 rings (SSSR count). The van der Waals surface area contributed by atoms with E-state index in [0.29, 0.717) is 35.5 Å². The number of carbonyl (C=O) groups excluding carboxylic acids is 4. The number of esters is 1. The third-order valence-electron chi connectivity index (χ3n) is 9.96. The van der Waals surface area contributed by atoms with Crippen molar-refractivity contribution in [1.82, 2.24) is 9.80 Å². The number of aliphatic hydroxyl groups is 1. The molecule has 3 saturated heterocycles. The first-order valence-electron chi connectivity index (χ1n) is 16.5. The maximum atomic E-state index is 14.6. The number of amides is 3. The highest BCUT2D eigenvalue weighted by molar-refractivity contribution is 6.34. The van der Waals surface area contributed by atoms with Crippen molar-refractivity contribution < 1.29 is 33.8 Å². The predicted octanol–water partition coefficient (Wildman–Crippen LogP) is 4.71. The van der Waals surface area contributed by atoms with Crippen LogP contribution in [0.25, 0.3) is 0 Å². The number of halogens is 1. The molecule has 2 bridgehead atoms. The van der Waals surface area contributed by atoms with Gasteiger partial charge in [0.1, 0.15) is 17.7 Å². The zero-order valence-electron chi connectivity index (χ0n) is 27.5. The highest BCUT2D eigenvalue weighted by Crippen LogP contribution is 2.59. The van der Waals surface area contributed by atoms with E-state index in [4.69, 9.17) is 21.1 Å². The second-order valence-electron chi connectivity index (χ2n) is 12.7. The van der Waals surface area contributed by atoms with Gasteiger partial charge in [0.2, 0.25) is 11.8 Å². The van der Waals surface area contributed by atoms with E-state index in [-0.39, 0.29) is 44.4 Å². The van der Waals surface area contributed by atoms with Crippen molar-refractivity contribution in [3.05, 3.63) is 90.5 Å². The number of ether oxygens (including phenoxy) is 2. The lowest BCUT2D eigenvalue weighted by Gasteiger charge is -2.37. The number of hydrogen-bond donors (Lipinski definition) is 1. The Morgan fingerprint density at radius 2 is 1.85 bits per heavy atom. The Morgan fingerprint density at radius 3 is 2.52 bits per heavy atom. The summed E-state index contributed by atoms with van der Waals surface area (Å²) in [7, 11) is 1.68. The average Bonchev–Trinajstić information content (AvgIpc) is 3.74. The number of para-hydroxylation sites is 1. The molecule has 1 spiro atoms. The third-order valence-corrected chi connectivity index (χ3v) is 10.3. The number of rotatable bonds is 15. The van der Waals surface area contributed by atoms with Gasteiger partial charge in [-0.2, -0.15) is 0 Å². The molecule has 2 aromatic rings. The van der Waals surface area contributed by atoms with Gasteiger partial charge in [0.15, 0.2) is 0 Å². The number of likely N-dealkylation sites (tertiary alicyclic amines) is 1. The molecule has 10 nitrogen and oxygen atoms in total. The van der Waals surface area contributed by atoms with E-state index in [9.17, 15) is 24.3 Å². The minimum Gasteiger partial charge on any atom is -0.455 e. The van der Waals surface area contributed by atoms with E-state index in [0.717, 1.165) is 0 Å². The number of carbonyl (C=O) groups is 4. The summed E-state index contributed by atoms with van der Waals surface area (Å²) in [5.74, 6) is -3.44. The van der Waals surface area contributed by atoms with Crippen LogP contribution >= 0.6 is 11.6 Å². The Labute approximate surface area is 286 Å². The van der Waals surface area contributed by atoms with Crippen molar-refractivity contribution in [2.45, 2.75) is 68.9 Å². The normalized spacial score (nSPS) is 25.2. The van der Waals surface area contributed by atoms with Crippen LogP contribution in [-0.4, -0.2) is 89.1 Å². The fourth-order valence-electron chi connectivity index (χ4n) is 7.56. The lowest BCUT2D eigenvalue weighted by molar-refractivity contribution is -0.164. The topological polar surface area (TPSA) is 117 Å². The molecule has 0 unspecified atom stereocenters. The molecule has 3 heterocycles. The van der Waals surface area contributed by atoms with Crippen molar-refractivity contribution in [3.8, 4) is 0 Å². The highest BCUT2D eigenvalue weighted by Gasteiger charge is 2.75. The number of allylic oxidation sites excluding steroid dienone is 1. The van der Waals surface area contributed by atoms with Gasteiger partial charge in [-0.15, -0.1) is 13.2 Å². The van der Waals surface area contributed by atoms with Crippen molar-refractivity contribution in [2.24, 2.45) is 11.8 Å². The summed E-state index contributed by atoms with van der Waals surface area (Å²) in [6.07, 6.45) is 3.70. The van der Waals surface area contributed by atoms with Crippen LogP contribution in [0.15, 0.2) is 79.9 Å². The number of benzene rings is 2. The standard InChI is InChI=1S/C37H44ClN3O7/c1-5-7-18-29(43)39(4)24(3)32(25-14-9-8-10-15-25)47-36(46)30-28-19-20-37(48-28)31(30)34(44)41(22-13-23-42)33(37)35(45)40(21-6-2)27-17-12-11-16-26(27)38/h5-6,8-12,14-17,24,28,30-33,42H,1-2,7,13,18-23H2,3-4H3/t24-,28-,30+,31+,32+,33-,37+/m1/s1. The Hall–Kier alpha value is -3.99. The molecule has 2 aromatic carbocycles. The summed E-state index contributed by atoms with van der Waals surface area (Å²) < 4.78 is 12.9. The molecule has 0 aromatic heterocycles. The number of hydrogen-bond acceptors (Lipinski definition) is 7. The fraction of sp³-hybridized carbons (Fsp3) is 0.459. The molecular formula is C37H44ClN3O7. The van der Waals surface area contributed by atoms with Crippen molar-refractivity contribution in [2.75, 3.05) is 31.6 Å². The lowest BCUT2D eigenvalue weighted by atomic mass is 9.70. The number of nitrogens with zero attached hydrogens (tertiary/aromatic N) is 3. The molecule has 0 aliphatic carbocycles. The lowest BCUT2D eigenvalue weighted by Crippen LogP contribution is -2.56. The molecule has 3 aliphatic heterocycles. The van der Waals surface area contributed by atoms with Gasteiger partial charge in [-0.05, 0) is 50.3 Å². The Morgan fingerprint density at radius 1 is 1.15 bits per heavy atom. The van der Waals surface area contributed by atoms with Crippen molar-refractivity contribution in [1.29, 1.82) is 0 Å². The van der Waals surface area contributed by atoms with Crippen LogP contribution in [0, 0.1) is 11.8 Å². The van der Waals surface area contributed by atoms with Crippen LogP contribution in [0.5, 0.6) is 0 Å². The third kappa shape index (κ3) is 6.41.